The summed E-state index contributed by atoms with van der Waals surface area (Å²) < 4.78 is 0. The molecule has 1 N–H and O–H groups in total. The Balaban J connectivity index is 2.46. The van der Waals surface area contributed by atoms with E-state index in [1.54, 1.807) is 18.5 Å². The molecule has 1 aromatic rings. The summed E-state index contributed by atoms with van der Waals surface area (Å²) in [6, 6.07) is 3.86. The van der Waals surface area contributed by atoms with E-state index in [2.05, 4.69) is 23.3 Å². The first-order valence-corrected chi connectivity index (χ1v) is 4.96. The lowest BCUT2D eigenvalue weighted by Crippen LogP contribution is -2.03. The summed E-state index contributed by atoms with van der Waals surface area (Å²) in [6.07, 6.45) is 6.89. The van der Waals surface area contributed by atoms with E-state index >= 15 is 0 Å². The minimum Gasteiger partial charge on any atom is -0.383 e. The van der Waals surface area contributed by atoms with Crippen molar-refractivity contribution in [2.45, 2.75) is 26.2 Å². The Labute approximate surface area is 84.8 Å². The zero-order chi connectivity index (χ0) is 10.2. The molecule has 0 atom stereocenters. The molecular weight excluding hydrogens is 174 g/mol. The maximum Gasteiger partial charge on any atom is 0.101 e. The first-order valence-electron chi connectivity index (χ1n) is 4.96. The molecule has 3 nitrogen and oxygen atoms in total. The Kier molecular flexibility index (Phi) is 4.49. The zero-order valence-electron chi connectivity index (χ0n) is 8.45. The van der Waals surface area contributed by atoms with Crippen LogP contribution in [0.4, 0.5) is 5.69 Å². The van der Waals surface area contributed by atoms with Crippen molar-refractivity contribution in [2.24, 2.45) is 0 Å². The summed E-state index contributed by atoms with van der Waals surface area (Å²) in [7, 11) is 0. The van der Waals surface area contributed by atoms with E-state index in [1.807, 2.05) is 0 Å². The van der Waals surface area contributed by atoms with Gasteiger partial charge < -0.3 is 5.32 Å². The van der Waals surface area contributed by atoms with E-state index in [0.29, 0.717) is 5.56 Å². The van der Waals surface area contributed by atoms with Crippen molar-refractivity contribution in [2.75, 3.05) is 11.9 Å². The zero-order valence-corrected chi connectivity index (χ0v) is 8.45. The van der Waals surface area contributed by atoms with Crippen LogP contribution in [0.25, 0.3) is 0 Å². The minimum absolute atomic E-state index is 0.663. The second-order valence-electron chi connectivity index (χ2n) is 3.17. The van der Waals surface area contributed by atoms with Crippen LogP contribution in [-0.4, -0.2) is 11.5 Å². The maximum atomic E-state index is 8.80. The van der Waals surface area contributed by atoms with Gasteiger partial charge in [-0.3, -0.25) is 4.98 Å². The third kappa shape index (κ3) is 3.06. The summed E-state index contributed by atoms with van der Waals surface area (Å²) in [5.74, 6) is 0. The molecule has 0 unspecified atom stereocenters. The highest BCUT2D eigenvalue weighted by Crippen LogP contribution is 2.11. The molecule has 0 fully saturated rings. The highest BCUT2D eigenvalue weighted by molar-refractivity contribution is 5.55. The van der Waals surface area contributed by atoms with E-state index in [4.69, 9.17) is 5.26 Å². The molecule has 0 amide bonds. The highest BCUT2D eigenvalue weighted by Gasteiger charge is 1.98. The number of pyridine rings is 1. The summed E-state index contributed by atoms with van der Waals surface area (Å²) in [5, 5.41) is 12.0. The first kappa shape index (κ1) is 10.5. The van der Waals surface area contributed by atoms with Gasteiger partial charge in [0.15, 0.2) is 0 Å². The van der Waals surface area contributed by atoms with E-state index in [-0.39, 0.29) is 0 Å². The van der Waals surface area contributed by atoms with E-state index in [1.165, 1.54) is 12.8 Å². The topological polar surface area (TPSA) is 48.7 Å². The Morgan fingerprint density at radius 1 is 1.50 bits per heavy atom. The second kappa shape index (κ2) is 5.98. The molecule has 1 aromatic heterocycles. The predicted octanol–water partition coefficient (Wildman–Crippen LogP) is 2.56. The average molecular weight is 189 g/mol. The van der Waals surface area contributed by atoms with Crippen LogP contribution in [0.3, 0.4) is 0 Å². The number of nitrogens with one attached hydrogen (secondary N) is 1. The monoisotopic (exact) mass is 189 g/mol. The molecule has 14 heavy (non-hydrogen) atoms. The van der Waals surface area contributed by atoms with Gasteiger partial charge in [-0.1, -0.05) is 19.8 Å². The first-order chi connectivity index (χ1) is 6.88. The van der Waals surface area contributed by atoms with Crippen molar-refractivity contribution in [1.29, 1.82) is 5.26 Å². The summed E-state index contributed by atoms with van der Waals surface area (Å²) in [6.45, 7) is 3.08. The minimum atomic E-state index is 0.663. The van der Waals surface area contributed by atoms with Crippen LogP contribution in [0.15, 0.2) is 18.5 Å². The Bertz CT molecular complexity index is 315. The normalized spacial score (nSPS) is 9.43. The van der Waals surface area contributed by atoms with Gasteiger partial charge in [-0.05, 0) is 12.5 Å². The molecular formula is C11H15N3. The number of unbranched alkanes of at least 4 members (excludes halogenated alkanes) is 2. The number of nitrogens with zero attached hydrogens (tertiary/aromatic N) is 2. The fourth-order valence-corrected chi connectivity index (χ4v) is 1.23. The number of anilines is 1. The van der Waals surface area contributed by atoms with Gasteiger partial charge in [-0.2, -0.15) is 5.26 Å². The lowest BCUT2D eigenvalue weighted by Gasteiger charge is -2.06. The van der Waals surface area contributed by atoms with Crippen molar-refractivity contribution >= 4 is 5.69 Å². The third-order valence-electron chi connectivity index (χ3n) is 2.04. The average Bonchev–Trinajstić information content (AvgIpc) is 2.25. The molecule has 0 aromatic carbocycles. The van der Waals surface area contributed by atoms with Crippen LogP contribution in [0.5, 0.6) is 0 Å². The van der Waals surface area contributed by atoms with Crippen LogP contribution in [0.1, 0.15) is 31.7 Å². The van der Waals surface area contributed by atoms with Crippen molar-refractivity contribution < 1.29 is 0 Å². The van der Waals surface area contributed by atoms with Crippen LogP contribution < -0.4 is 5.32 Å². The molecule has 1 heterocycles. The Morgan fingerprint density at radius 2 is 2.36 bits per heavy atom. The van der Waals surface area contributed by atoms with Crippen LogP contribution >= 0.6 is 0 Å². The van der Waals surface area contributed by atoms with Gasteiger partial charge in [0.25, 0.3) is 0 Å². The molecule has 0 aliphatic heterocycles. The summed E-state index contributed by atoms with van der Waals surface area (Å²) >= 11 is 0. The quantitative estimate of drug-likeness (QED) is 0.724. The maximum absolute atomic E-state index is 8.80. The van der Waals surface area contributed by atoms with Crippen molar-refractivity contribution in [3.8, 4) is 6.07 Å². The van der Waals surface area contributed by atoms with Crippen LogP contribution in [-0.2, 0) is 0 Å². The SMILES string of the molecule is CCCCCNc1cnccc1C#N. The van der Waals surface area contributed by atoms with Crippen molar-refractivity contribution in [1.82, 2.24) is 4.98 Å². The van der Waals surface area contributed by atoms with Gasteiger partial charge in [-0.25, -0.2) is 0 Å². The molecule has 0 spiro atoms. The molecule has 0 bridgehead atoms. The van der Waals surface area contributed by atoms with E-state index < -0.39 is 0 Å². The van der Waals surface area contributed by atoms with Crippen LogP contribution in [0.2, 0.25) is 0 Å². The summed E-state index contributed by atoms with van der Waals surface area (Å²) in [4.78, 5) is 3.98. The molecule has 0 aliphatic carbocycles. The predicted molar refractivity (Wildman–Crippen MR) is 57.0 cm³/mol. The molecule has 74 valence electrons. The smallest absolute Gasteiger partial charge is 0.101 e. The van der Waals surface area contributed by atoms with Crippen molar-refractivity contribution in [3.63, 3.8) is 0 Å². The standard InChI is InChI=1S/C11H15N3/c1-2-3-4-6-14-11-9-13-7-5-10(11)8-12/h5,7,9,14H,2-4,6H2,1H3. The Hall–Kier alpha value is -1.56. The van der Waals surface area contributed by atoms with Gasteiger partial charge in [0.2, 0.25) is 0 Å². The fraction of sp³-hybridized carbons (Fsp3) is 0.455. The molecule has 0 saturated heterocycles. The Morgan fingerprint density at radius 3 is 3.07 bits per heavy atom. The molecule has 1 rings (SSSR count). The fourth-order valence-electron chi connectivity index (χ4n) is 1.23. The van der Waals surface area contributed by atoms with Crippen LogP contribution in [0, 0.1) is 11.3 Å². The summed E-state index contributed by atoms with van der Waals surface area (Å²) in [5.41, 5.74) is 1.50. The number of aromatic nitrogens is 1. The molecule has 0 saturated carbocycles. The lowest BCUT2D eigenvalue weighted by atomic mass is 10.2. The number of hydrogen-bond acceptors (Lipinski definition) is 3. The highest BCUT2D eigenvalue weighted by atomic mass is 14.9. The van der Waals surface area contributed by atoms with E-state index in [0.717, 1.165) is 18.7 Å². The third-order valence-corrected chi connectivity index (χ3v) is 2.04. The van der Waals surface area contributed by atoms with Gasteiger partial charge in [0.05, 0.1) is 17.4 Å². The van der Waals surface area contributed by atoms with Gasteiger partial charge in [0, 0.05) is 12.7 Å². The molecule has 3 heteroatoms. The number of nitriles is 1. The van der Waals surface area contributed by atoms with Gasteiger partial charge in [-0.15, -0.1) is 0 Å². The lowest BCUT2D eigenvalue weighted by molar-refractivity contribution is 0.743. The van der Waals surface area contributed by atoms with Gasteiger partial charge >= 0.3 is 0 Å². The molecule has 0 radical (unpaired) electrons. The van der Waals surface area contributed by atoms with Gasteiger partial charge in [0.1, 0.15) is 6.07 Å². The second-order valence-corrected chi connectivity index (χ2v) is 3.17. The number of rotatable bonds is 5. The van der Waals surface area contributed by atoms with E-state index in [9.17, 15) is 0 Å². The molecule has 0 aliphatic rings. The van der Waals surface area contributed by atoms with Crippen molar-refractivity contribution in [3.05, 3.63) is 24.0 Å². The largest absolute Gasteiger partial charge is 0.383 e. The number of hydrogen-bond donors (Lipinski definition) is 1.